The molecular formula is C12H22N2O. The molecule has 0 spiro atoms. The molecule has 0 aromatic heterocycles. The van der Waals surface area contributed by atoms with Crippen LogP contribution < -0.4 is 5.32 Å². The van der Waals surface area contributed by atoms with Crippen LogP contribution in [-0.4, -0.2) is 36.5 Å². The summed E-state index contributed by atoms with van der Waals surface area (Å²) in [6.45, 7) is 3.12. The minimum absolute atomic E-state index is 0.172. The Morgan fingerprint density at radius 3 is 2.47 bits per heavy atom. The maximum Gasteiger partial charge on any atom is 0.237 e. The predicted octanol–water partition coefficient (Wildman–Crippen LogP) is 1.53. The van der Waals surface area contributed by atoms with Gasteiger partial charge >= 0.3 is 0 Å². The molecule has 2 fully saturated rings. The van der Waals surface area contributed by atoms with Gasteiger partial charge in [-0.1, -0.05) is 12.8 Å². The zero-order valence-corrected chi connectivity index (χ0v) is 9.50. The van der Waals surface area contributed by atoms with E-state index in [0.717, 1.165) is 32.5 Å². The Kier molecular flexibility index (Phi) is 4.01. The molecule has 1 atom stereocenters. The summed E-state index contributed by atoms with van der Waals surface area (Å²) in [5.41, 5.74) is 0. The third-order valence-corrected chi connectivity index (χ3v) is 3.59. The average Bonchev–Trinajstić information content (AvgIpc) is 2.59. The number of nitrogens with one attached hydrogen (secondary N) is 1. The summed E-state index contributed by atoms with van der Waals surface area (Å²) >= 11 is 0. The van der Waals surface area contributed by atoms with Crippen molar-refractivity contribution in [1.82, 2.24) is 10.2 Å². The Morgan fingerprint density at radius 2 is 1.73 bits per heavy atom. The summed E-state index contributed by atoms with van der Waals surface area (Å²) in [5, 5.41) is 3.03. The highest BCUT2D eigenvalue weighted by molar-refractivity contribution is 5.81. The fourth-order valence-electron chi connectivity index (χ4n) is 2.68. The molecule has 0 radical (unpaired) electrons. The smallest absolute Gasteiger partial charge is 0.237 e. The summed E-state index contributed by atoms with van der Waals surface area (Å²) in [7, 11) is 0. The van der Waals surface area contributed by atoms with E-state index in [1.807, 2.05) is 0 Å². The molecule has 3 heteroatoms. The number of carbonyl (C=O) groups excluding carboxylic acids is 1. The Morgan fingerprint density at radius 1 is 1.00 bits per heavy atom. The van der Waals surface area contributed by atoms with Gasteiger partial charge in [0.2, 0.25) is 5.91 Å². The third-order valence-electron chi connectivity index (χ3n) is 3.59. The first kappa shape index (κ1) is 10.9. The van der Waals surface area contributed by atoms with E-state index in [2.05, 4.69) is 10.2 Å². The molecular weight excluding hydrogens is 188 g/mol. The van der Waals surface area contributed by atoms with Crippen LogP contribution in [-0.2, 0) is 4.79 Å². The molecule has 0 bridgehead atoms. The molecule has 2 saturated heterocycles. The summed E-state index contributed by atoms with van der Waals surface area (Å²) in [4.78, 5) is 14.3. The van der Waals surface area contributed by atoms with Crippen molar-refractivity contribution >= 4 is 5.91 Å². The van der Waals surface area contributed by atoms with Gasteiger partial charge in [0.15, 0.2) is 0 Å². The zero-order chi connectivity index (χ0) is 10.5. The van der Waals surface area contributed by atoms with Crippen LogP contribution in [0.3, 0.4) is 0 Å². The van der Waals surface area contributed by atoms with Crippen LogP contribution in [0.1, 0.15) is 44.9 Å². The maximum atomic E-state index is 11.9. The first-order chi connectivity index (χ1) is 7.38. The molecule has 15 heavy (non-hydrogen) atoms. The van der Waals surface area contributed by atoms with E-state index in [1.165, 1.54) is 32.1 Å². The minimum Gasteiger partial charge on any atom is -0.355 e. The number of rotatable bonds is 1. The molecule has 0 aromatic carbocycles. The highest BCUT2D eigenvalue weighted by Crippen LogP contribution is 2.17. The van der Waals surface area contributed by atoms with Crippen molar-refractivity contribution in [2.24, 2.45) is 0 Å². The van der Waals surface area contributed by atoms with Gasteiger partial charge in [0.05, 0.1) is 6.04 Å². The van der Waals surface area contributed by atoms with E-state index in [-0.39, 0.29) is 11.9 Å². The molecule has 0 aliphatic carbocycles. The second-order valence-corrected chi connectivity index (χ2v) is 4.75. The molecule has 3 nitrogen and oxygen atoms in total. The van der Waals surface area contributed by atoms with Crippen molar-refractivity contribution in [3.05, 3.63) is 0 Å². The van der Waals surface area contributed by atoms with Crippen molar-refractivity contribution in [3.8, 4) is 0 Å². The van der Waals surface area contributed by atoms with Gasteiger partial charge in [0, 0.05) is 6.54 Å². The van der Waals surface area contributed by atoms with Gasteiger partial charge in [-0.3, -0.25) is 9.69 Å². The van der Waals surface area contributed by atoms with E-state index in [4.69, 9.17) is 0 Å². The van der Waals surface area contributed by atoms with Crippen LogP contribution in [0, 0.1) is 0 Å². The fourth-order valence-corrected chi connectivity index (χ4v) is 2.68. The molecule has 0 aromatic rings. The van der Waals surface area contributed by atoms with E-state index >= 15 is 0 Å². The normalized spacial score (nSPS) is 30.4. The number of carbonyl (C=O) groups is 1. The first-order valence-electron chi connectivity index (χ1n) is 6.40. The van der Waals surface area contributed by atoms with Crippen molar-refractivity contribution < 1.29 is 4.79 Å². The number of hydrogen-bond donors (Lipinski definition) is 1. The Bertz CT molecular complexity index is 210. The van der Waals surface area contributed by atoms with Crippen LogP contribution >= 0.6 is 0 Å². The fraction of sp³-hybridized carbons (Fsp3) is 0.917. The summed E-state index contributed by atoms with van der Waals surface area (Å²) in [6.07, 6.45) is 8.62. The largest absolute Gasteiger partial charge is 0.355 e. The Balaban J connectivity index is 1.95. The molecule has 2 heterocycles. The third kappa shape index (κ3) is 2.94. The van der Waals surface area contributed by atoms with Gasteiger partial charge in [0.25, 0.3) is 0 Å². The van der Waals surface area contributed by atoms with Crippen LogP contribution in [0.5, 0.6) is 0 Å². The lowest BCUT2D eigenvalue weighted by molar-refractivity contribution is -0.126. The van der Waals surface area contributed by atoms with Gasteiger partial charge < -0.3 is 5.32 Å². The van der Waals surface area contributed by atoms with Gasteiger partial charge in [-0.2, -0.15) is 0 Å². The molecule has 86 valence electrons. The minimum atomic E-state index is 0.172. The lowest BCUT2D eigenvalue weighted by Gasteiger charge is -2.28. The standard InChI is InChI=1S/C12H22N2O/c15-12-11(7-3-4-8-13-12)14-9-5-1-2-6-10-14/h11H,1-10H2,(H,13,15). The number of likely N-dealkylation sites (tertiary alicyclic amines) is 1. The van der Waals surface area contributed by atoms with Crippen molar-refractivity contribution in [2.75, 3.05) is 19.6 Å². The molecule has 0 saturated carbocycles. The highest BCUT2D eigenvalue weighted by Gasteiger charge is 2.27. The second-order valence-electron chi connectivity index (χ2n) is 4.75. The lowest BCUT2D eigenvalue weighted by atomic mass is 10.1. The molecule has 1 amide bonds. The maximum absolute atomic E-state index is 11.9. The predicted molar refractivity (Wildman–Crippen MR) is 60.7 cm³/mol. The topological polar surface area (TPSA) is 32.3 Å². The Labute approximate surface area is 92.2 Å². The first-order valence-corrected chi connectivity index (χ1v) is 6.40. The SMILES string of the molecule is O=C1NCCCCC1N1CCCCCC1. The van der Waals surface area contributed by atoms with Crippen LogP contribution in [0.4, 0.5) is 0 Å². The van der Waals surface area contributed by atoms with Crippen LogP contribution in [0.2, 0.25) is 0 Å². The van der Waals surface area contributed by atoms with Crippen molar-refractivity contribution in [2.45, 2.75) is 51.0 Å². The van der Waals surface area contributed by atoms with E-state index in [0.29, 0.717) is 0 Å². The summed E-state index contributed by atoms with van der Waals surface area (Å²) in [5.74, 6) is 0.273. The quantitative estimate of drug-likeness (QED) is 0.712. The monoisotopic (exact) mass is 210 g/mol. The van der Waals surface area contributed by atoms with Gasteiger partial charge in [0.1, 0.15) is 0 Å². The van der Waals surface area contributed by atoms with Gasteiger partial charge in [-0.05, 0) is 45.2 Å². The highest BCUT2D eigenvalue weighted by atomic mass is 16.2. The Hall–Kier alpha value is -0.570. The molecule has 1 N–H and O–H groups in total. The molecule has 2 rings (SSSR count). The van der Waals surface area contributed by atoms with Crippen LogP contribution in [0.25, 0.3) is 0 Å². The number of hydrogen-bond acceptors (Lipinski definition) is 2. The van der Waals surface area contributed by atoms with Gasteiger partial charge in [-0.15, -0.1) is 0 Å². The van der Waals surface area contributed by atoms with E-state index in [9.17, 15) is 4.79 Å². The lowest BCUT2D eigenvalue weighted by Crippen LogP contribution is -2.46. The average molecular weight is 210 g/mol. The second kappa shape index (κ2) is 5.50. The van der Waals surface area contributed by atoms with E-state index in [1.54, 1.807) is 0 Å². The number of nitrogens with zero attached hydrogens (tertiary/aromatic N) is 1. The zero-order valence-electron chi connectivity index (χ0n) is 9.50. The van der Waals surface area contributed by atoms with Crippen LogP contribution in [0.15, 0.2) is 0 Å². The van der Waals surface area contributed by atoms with Crippen molar-refractivity contribution in [3.63, 3.8) is 0 Å². The molecule has 2 aliphatic rings. The summed E-state index contributed by atoms with van der Waals surface area (Å²) in [6, 6.07) is 0.172. The van der Waals surface area contributed by atoms with Crippen molar-refractivity contribution in [1.29, 1.82) is 0 Å². The van der Waals surface area contributed by atoms with E-state index < -0.39 is 0 Å². The van der Waals surface area contributed by atoms with Gasteiger partial charge in [-0.25, -0.2) is 0 Å². The molecule has 2 aliphatic heterocycles. The molecule has 1 unspecified atom stereocenters. The number of amides is 1. The summed E-state index contributed by atoms with van der Waals surface area (Å²) < 4.78 is 0.